The van der Waals surface area contributed by atoms with Crippen LogP contribution in [0.1, 0.15) is 23.7 Å². The van der Waals surface area contributed by atoms with E-state index in [4.69, 9.17) is 5.11 Å². The number of carbonyl (C=O) groups excluding carboxylic acids is 1. The maximum atomic E-state index is 14.3. The van der Waals surface area contributed by atoms with Crippen molar-refractivity contribution in [2.75, 3.05) is 13.1 Å². The Morgan fingerprint density at radius 3 is 2.48 bits per heavy atom. The van der Waals surface area contributed by atoms with Gasteiger partial charge >= 0.3 is 5.97 Å². The lowest BCUT2D eigenvalue weighted by atomic mass is 10.1. The Balaban J connectivity index is 2.29. The van der Waals surface area contributed by atoms with Gasteiger partial charge in [-0.05, 0) is 24.1 Å². The average molecular weight is 317 g/mol. The van der Waals surface area contributed by atoms with Gasteiger partial charge < -0.3 is 10.0 Å². The van der Waals surface area contributed by atoms with Gasteiger partial charge in [-0.25, -0.2) is 14.4 Å². The van der Waals surface area contributed by atoms with Crippen LogP contribution in [0.5, 0.6) is 0 Å². The van der Waals surface area contributed by atoms with Gasteiger partial charge in [-0.1, -0.05) is 13.0 Å². The van der Waals surface area contributed by atoms with E-state index in [9.17, 15) is 14.0 Å². The molecule has 1 heterocycles. The highest BCUT2D eigenvalue weighted by Crippen LogP contribution is 2.21. The number of amides is 1. The summed E-state index contributed by atoms with van der Waals surface area (Å²) < 4.78 is 14.3. The minimum Gasteiger partial charge on any atom is -0.480 e. The third-order valence-electron chi connectivity index (χ3n) is 3.20. The van der Waals surface area contributed by atoms with Crippen molar-refractivity contribution >= 4 is 11.9 Å². The quantitative estimate of drug-likeness (QED) is 0.883. The zero-order valence-corrected chi connectivity index (χ0v) is 12.6. The van der Waals surface area contributed by atoms with Gasteiger partial charge in [0.1, 0.15) is 18.7 Å². The van der Waals surface area contributed by atoms with Crippen molar-refractivity contribution in [3.8, 4) is 11.1 Å². The Morgan fingerprint density at radius 1 is 1.22 bits per heavy atom. The molecule has 0 aliphatic rings. The van der Waals surface area contributed by atoms with Crippen LogP contribution in [0.3, 0.4) is 0 Å². The molecular formula is C16H16FN3O3. The number of hydrogen-bond acceptors (Lipinski definition) is 4. The fraction of sp³-hybridized carbons (Fsp3) is 0.250. The molecule has 0 aliphatic carbocycles. The Kier molecular flexibility index (Phi) is 5.35. The van der Waals surface area contributed by atoms with Gasteiger partial charge in [0.25, 0.3) is 5.91 Å². The summed E-state index contributed by atoms with van der Waals surface area (Å²) in [4.78, 5) is 32.0. The van der Waals surface area contributed by atoms with Gasteiger partial charge in [-0.3, -0.25) is 9.59 Å². The van der Waals surface area contributed by atoms with E-state index in [2.05, 4.69) is 9.97 Å². The molecule has 0 fully saturated rings. The first kappa shape index (κ1) is 16.5. The normalized spacial score (nSPS) is 10.3. The molecular weight excluding hydrogens is 301 g/mol. The van der Waals surface area contributed by atoms with E-state index in [1.807, 2.05) is 6.92 Å². The Labute approximate surface area is 132 Å². The molecule has 2 rings (SSSR count). The van der Waals surface area contributed by atoms with E-state index in [1.54, 1.807) is 6.07 Å². The topological polar surface area (TPSA) is 83.4 Å². The molecule has 1 N–H and O–H groups in total. The molecule has 0 radical (unpaired) electrons. The summed E-state index contributed by atoms with van der Waals surface area (Å²) in [5, 5.41) is 8.87. The van der Waals surface area contributed by atoms with Crippen LogP contribution in [-0.2, 0) is 4.79 Å². The Hall–Kier alpha value is -2.83. The van der Waals surface area contributed by atoms with Gasteiger partial charge in [0.05, 0.1) is 5.56 Å². The van der Waals surface area contributed by atoms with Crippen LogP contribution < -0.4 is 0 Å². The van der Waals surface area contributed by atoms with Gasteiger partial charge in [-0.15, -0.1) is 0 Å². The van der Waals surface area contributed by atoms with Crippen molar-refractivity contribution in [2.45, 2.75) is 13.3 Å². The molecule has 0 saturated carbocycles. The molecule has 7 heteroatoms. The summed E-state index contributed by atoms with van der Waals surface area (Å²) in [6.45, 7) is 1.61. The molecule has 0 spiro atoms. The summed E-state index contributed by atoms with van der Waals surface area (Å²) >= 11 is 0. The minimum atomic E-state index is -1.13. The minimum absolute atomic E-state index is 0.153. The van der Waals surface area contributed by atoms with E-state index in [1.165, 1.54) is 30.9 Å². The first-order valence-corrected chi connectivity index (χ1v) is 7.09. The highest BCUT2D eigenvalue weighted by molar-refractivity contribution is 5.96. The van der Waals surface area contributed by atoms with Crippen molar-refractivity contribution in [3.05, 3.63) is 48.3 Å². The predicted octanol–water partition coefficient (Wildman–Crippen LogP) is 2.22. The molecule has 0 atom stereocenters. The number of carboxylic acid groups (broad SMARTS) is 1. The second-order valence-corrected chi connectivity index (χ2v) is 4.94. The summed E-state index contributed by atoms with van der Waals surface area (Å²) in [5.74, 6) is -2.48. The smallest absolute Gasteiger partial charge is 0.323 e. The molecule has 0 bridgehead atoms. The van der Waals surface area contributed by atoms with E-state index in [0.29, 0.717) is 17.5 Å². The van der Waals surface area contributed by atoms with Gasteiger partial charge in [-0.2, -0.15) is 0 Å². The highest BCUT2D eigenvalue weighted by atomic mass is 19.1. The highest BCUT2D eigenvalue weighted by Gasteiger charge is 2.21. The van der Waals surface area contributed by atoms with Crippen molar-refractivity contribution in [2.24, 2.45) is 0 Å². The zero-order chi connectivity index (χ0) is 16.8. The fourth-order valence-corrected chi connectivity index (χ4v) is 2.17. The van der Waals surface area contributed by atoms with E-state index < -0.39 is 24.2 Å². The zero-order valence-electron chi connectivity index (χ0n) is 12.6. The lowest BCUT2D eigenvalue weighted by molar-refractivity contribution is -0.137. The van der Waals surface area contributed by atoms with Gasteiger partial charge in [0.15, 0.2) is 0 Å². The van der Waals surface area contributed by atoms with Crippen molar-refractivity contribution in [1.82, 2.24) is 14.9 Å². The van der Waals surface area contributed by atoms with E-state index in [0.717, 1.165) is 4.90 Å². The second-order valence-electron chi connectivity index (χ2n) is 4.94. The van der Waals surface area contributed by atoms with Crippen molar-refractivity contribution in [3.63, 3.8) is 0 Å². The average Bonchev–Trinajstić information content (AvgIpc) is 2.54. The van der Waals surface area contributed by atoms with Crippen LogP contribution in [0.2, 0.25) is 0 Å². The molecule has 2 aromatic rings. The molecule has 6 nitrogen and oxygen atoms in total. The van der Waals surface area contributed by atoms with Gasteiger partial charge in [0.2, 0.25) is 0 Å². The summed E-state index contributed by atoms with van der Waals surface area (Å²) in [7, 11) is 0. The van der Waals surface area contributed by atoms with Crippen LogP contribution in [-0.4, -0.2) is 44.9 Å². The first-order chi connectivity index (χ1) is 11.0. The van der Waals surface area contributed by atoms with Crippen LogP contribution in [0.15, 0.2) is 36.9 Å². The summed E-state index contributed by atoms with van der Waals surface area (Å²) in [5.41, 5.74) is 1.02. The number of halogens is 1. The number of aliphatic carboxylic acids is 1. The van der Waals surface area contributed by atoms with E-state index >= 15 is 0 Å². The third-order valence-corrected chi connectivity index (χ3v) is 3.20. The SMILES string of the molecule is CCCN(CC(=O)O)C(=O)c1ccc(-c2cncnc2)cc1F. The lowest BCUT2D eigenvalue weighted by Crippen LogP contribution is -2.36. The van der Waals surface area contributed by atoms with Crippen LogP contribution in [0, 0.1) is 5.82 Å². The number of carboxylic acids is 1. The molecule has 120 valence electrons. The molecule has 0 saturated heterocycles. The maximum Gasteiger partial charge on any atom is 0.323 e. The Bertz CT molecular complexity index is 707. The largest absolute Gasteiger partial charge is 0.480 e. The molecule has 0 unspecified atom stereocenters. The number of nitrogens with zero attached hydrogens (tertiary/aromatic N) is 3. The molecule has 1 aromatic carbocycles. The fourth-order valence-electron chi connectivity index (χ4n) is 2.17. The molecule has 23 heavy (non-hydrogen) atoms. The van der Waals surface area contributed by atoms with Crippen molar-refractivity contribution < 1.29 is 19.1 Å². The van der Waals surface area contributed by atoms with Crippen LogP contribution in [0.4, 0.5) is 4.39 Å². The number of aromatic nitrogens is 2. The Morgan fingerprint density at radius 2 is 1.91 bits per heavy atom. The lowest BCUT2D eigenvalue weighted by Gasteiger charge is -2.20. The molecule has 1 amide bonds. The van der Waals surface area contributed by atoms with Gasteiger partial charge in [0, 0.05) is 24.5 Å². The number of benzene rings is 1. The van der Waals surface area contributed by atoms with E-state index in [-0.39, 0.29) is 12.1 Å². The summed E-state index contributed by atoms with van der Waals surface area (Å²) in [6.07, 6.45) is 5.03. The first-order valence-electron chi connectivity index (χ1n) is 7.09. The molecule has 0 aliphatic heterocycles. The third kappa shape index (κ3) is 4.09. The number of carbonyl (C=O) groups is 2. The second kappa shape index (κ2) is 7.44. The maximum absolute atomic E-state index is 14.3. The molecule has 1 aromatic heterocycles. The van der Waals surface area contributed by atoms with Crippen LogP contribution >= 0.6 is 0 Å². The number of rotatable bonds is 6. The predicted molar refractivity (Wildman–Crippen MR) is 81.3 cm³/mol. The van der Waals surface area contributed by atoms with Crippen molar-refractivity contribution in [1.29, 1.82) is 0 Å². The number of hydrogen-bond donors (Lipinski definition) is 1. The van der Waals surface area contributed by atoms with Crippen LogP contribution in [0.25, 0.3) is 11.1 Å². The monoisotopic (exact) mass is 317 g/mol. The standard InChI is InChI=1S/C16H16FN3O3/c1-2-5-20(9-15(21)22)16(23)13-4-3-11(6-14(13)17)12-7-18-10-19-8-12/h3-4,6-8,10H,2,5,9H2,1H3,(H,21,22). The summed E-state index contributed by atoms with van der Waals surface area (Å²) in [6, 6.07) is 4.15.